The molecule has 1 nitrogen and oxygen atoms in total. The Morgan fingerprint density at radius 3 is 1.55 bits per heavy atom. The van der Waals surface area contributed by atoms with Crippen LogP contribution in [0.4, 0.5) is 0 Å². The van der Waals surface area contributed by atoms with Gasteiger partial charge in [-0.15, -0.1) is 13.2 Å². The molecule has 68 valence electrons. The van der Waals surface area contributed by atoms with E-state index in [9.17, 15) is 0 Å². The zero-order valence-corrected chi connectivity index (χ0v) is 8.10. The van der Waals surface area contributed by atoms with Crippen LogP contribution in [-0.2, 0) is 0 Å². The van der Waals surface area contributed by atoms with Crippen molar-refractivity contribution in [1.82, 2.24) is 0 Å². The Morgan fingerprint density at radius 2 is 1.36 bits per heavy atom. The highest BCUT2D eigenvalue weighted by Gasteiger charge is 2.06. The molecule has 0 aromatic heterocycles. The molecule has 1 fully saturated rings. The van der Waals surface area contributed by atoms with E-state index < -0.39 is 0 Å². The van der Waals surface area contributed by atoms with E-state index in [1.165, 1.54) is 32.1 Å². The molecule has 1 rings (SSSR count). The third-order valence-electron chi connectivity index (χ3n) is 1.65. The van der Waals surface area contributed by atoms with Crippen molar-refractivity contribution in [3.63, 3.8) is 0 Å². The van der Waals surface area contributed by atoms with Crippen LogP contribution in [0.15, 0.2) is 13.2 Å². The fraction of sp³-hybridized carbons (Fsp3) is 0.800. The highest BCUT2D eigenvalue weighted by atomic mass is 14.6. The van der Waals surface area contributed by atoms with Crippen LogP contribution in [0.2, 0.25) is 0 Å². The van der Waals surface area contributed by atoms with Crippen LogP contribution in [0.1, 0.15) is 46.0 Å². The zero-order valence-electron chi connectivity index (χ0n) is 8.10. The van der Waals surface area contributed by atoms with Gasteiger partial charge >= 0.3 is 0 Å². The molecule has 1 aliphatic carbocycles. The average molecular weight is 157 g/mol. The smallest absolute Gasteiger partial charge is 0.00388 e. The summed E-state index contributed by atoms with van der Waals surface area (Å²) < 4.78 is 0. The quantitative estimate of drug-likeness (QED) is 0.537. The summed E-state index contributed by atoms with van der Waals surface area (Å²) >= 11 is 0. The summed E-state index contributed by atoms with van der Waals surface area (Å²) in [7, 11) is 0. The average Bonchev–Trinajstić information content (AvgIpc) is 2.13. The Hall–Kier alpha value is -0.300. The van der Waals surface area contributed by atoms with E-state index in [0.29, 0.717) is 6.04 Å². The first kappa shape index (κ1) is 13.3. The van der Waals surface area contributed by atoms with E-state index in [4.69, 9.17) is 5.73 Å². The van der Waals surface area contributed by atoms with Gasteiger partial charge in [-0.05, 0) is 12.8 Å². The van der Waals surface area contributed by atoms with Gasteiger partial charge in [0.05, 0.1) is 0 Å². The second-order valence-corrected chi connectivity index (χ2v) is 2.40. The summed E-state index contributed by atoms with van der Waals surface area (Å²) in [5.41, 5.74) is 5.63. The van der Waals surface area contributed by atoms with E-state index in [0.717, 1.165) is 0 Å². The molecule has 0 aromatic rings. The van der Waals surface area contributed by atoms with Crippen molar-refractivity contribution in [3.05, 3.63) is 13.2 Å². The number of rotatable bonds is 0. The number of nitrogens with two attached hydrogens (primary N) is 1. The highest BCUT2D eigenvalue weighted by Crippen LogP contribution is 2.14. The summed E-state index contributed by atoms with van der Waals surface area (Å²) in [6.45, 7) is 10.0. The largest absolute Gasteiger partial charge is 0.328 e. The Bertz CT molecular complexity index is 55.9. The van der Waals surface area contributed by atoms with E-state index in [1.54, 1.807) is 0 Å². The number of hydrogen-bond acceptors (Lipinski definition) is 1. The van der Waals surface area contributed by atoms with Crippen LogP contribution in [0, 0.1) is 0 Å². The van der Waals surface area contributed by atoms with E-state index in [1.807, 2.05) is 13.8 Å². The van der Waals surface area contributed by atoms with Gasteiger partial charge < -0.3 is 5.73 Å². The molecule has 0 aliphatic heterocycles. The summed E-state index contributed by atoms with van der Waals surface area (Å²) in [4.78, 5) is 0. The lowest BCUT2D eigenvalue weighted by molar-refractivity contribution is 0.441. The molecule has 1 aliphatic rings. The third kappa shape index (κ3) is 9.70. The second-order valence-electron chi connectivity index (χ2n) is 2.40. The van der Waals surface area contributed by atoms with Gasteiger partial charge in [0.25, 0.3) is 0 Å². The maximum atomic E-state index is 5.63. The lowest BCUT2D eigenvalue weighted by Crippen LogP contribution is -2.22. The van der Waals surface area contributed by atoms with Crippen LogP contribution < -0.4 is 5.73 Å². The van der Waals surface area contributed by atoms with Crippen LogP contribution in [-0.4, -0.2) is 6.04 Å². The normalized spacial score (nSPS) is 17.0. The van der Waals surface area contributed by atoms with Crippen molar-refractivity contribution in [2.75, 3.05) is 0 Å². The standard InChI is InChI=1S/C6H13N.C2H6.C2H4/c7-6-4-2-1-3-5-6;2*1-2/h6H,1-5,7H2;1-2H3;1-2H2. The Morgan fingerprint density at radius 1 is 1.00 bits per heavy atom. The molecule has 0 bridgehead atoms. The molecule has 1 saturated carbocycles. The van der Waals surface area contributed by atoms with Gasteiger partial charge in [-0.25, -0.2) is 0 Å². The minimum Gasteiger partial charge on any atom is -0.328 e. The minimum absolute atomic E-state index is 0.536. The molecule has 1 heteroatoms. The predicted molar refractivity (Wildman–Crippen MR) is 53.7 cm³/mol. The first-order chi connectivity index (χ1) is 5.39. The summed E-state index contributed by atoms with van der Waals surface area (Å²) in [5, 5.41) is 0. The third-order valence-corrected chi connectivity index (χ3v) is 1.65. The Labute approximate surface area is 71.7 Å². The van der Waals surface area contributed by atoms with E-state index in [2.05, 4.69) is 13.2 Å². The first-order valence-corrected chi connectivity index (χ1v) is 4.65. The van der Waals surface area contributed by atoms with E-state index in [-0.39, 0.29) is 0 Å². The molecule has 0 atom stereocenters. The molecule has 0 spiro atoms. The van der Waals surface area contributed by atoms with Crippen molar-refractivity contribution in [2.24, 2.45) is 5.73 Å². The second kappa shape index (κ2) is 12.4. The minimum atomic E-state index is 0.536. The molecule has 0 unspecified atom stereocenters. The molecule has 0 saturated heterocycles. The molecule has 0 radical (unpaired) electrons. The van der Waals surface area contributed by atoms with Gasteiger partial charge in [0.15, 0.2) is 0 Å². The molecule has 11 heavy (non-hydrogen) atoms. The fourth-order valence-electron chi connectivity index (χ4n) is 1.13. The molecule has 0 heterocycles. The highest BCUT2D eigenvalue weighted by molar-refractivity contribution is 4.66. The first-order valence-electron chi connectivity index (χ1n) is 4.65. The Balaban J connectivity index is 0. The van der Waals surface area contributed by atoms with Crippen LogP contribution in [0.5, 0.6) is 0 Å². The molecule has 0 amide bonds. The van der Waals surface area contributed by atoms with E-state index >= 15 is 0 Å². The Kier molecular flexibility index (Phi) is 15.0. The van der Waals surface area contributed by atoms with Crippen molar-refractivity contribution in [1.29, 1.82) is 0 Å². The SMILES string of the molecule is C=C.CC.NC1CCCCC1. The maximum Gasteiger partial charge on any atom is 0.00388 e. The molecular formula is C10H23N. The molecule has 2 N–H and O–H groups in total. The fourth-order valence-corrected chi connectivity index (χ4v) is 1.13. The van der Waals surface area contributed by atoms with Crippen molar-refractivity contribution in [2.45, 2.75) is 52.0 Å². The molecule has 0 aromatic carbocycles. The van der Waals surface area contributed by atoms with Gasteiger partial charge in [0.2, 0.25) is 0 Å². The van der Waals surface area contributed by atoms with Gasteiger partial charge in [-0.3, -0.25) is 0 Å². The summed E-state index contributed by atoms with van der Waals surface area (Å²) in [5.74, 6) is 0. The maximum absolute atomic E-state index is 5.63. The van der Waals surface area contributed by atoms with Crippen LogP contribution in [0.3, 0.4) is 0 Å². The van der Waals surface area contributed by atoms with Gasteiger partial charge in [0.1, 0.15) is 0 Å². The van der Waals surface area contributed by atoms with Crippen molar-refractivity contribution >= 4 is 0 Å². The molecular weight excluding hydrogens is 134 g/mol. The van der Waals surface area contributed by atoms with Crippen LogP contribution >= 0.6 is 0 Å². The van der Waals surface area contributed by atoms with Gasteiger partial charge in [0, 0.05) is 6.04 Å². The number of hydrogen-bond donors (Lipinski definition) is 1. The predicted octanol–water partition coefficient (Wildman–Crippen LogP) is 3.11. The topological polar surface area (TPSA) is 26.0 Å². The zero-order chi connectivity index (χ0) is 9.11. The lowest BCUT2D eigenvalue weighted by Gasteiger charge is -2.15. The van der Waals surface area contributed by atoms with Gasteiger partial charge in [-0.2, -0.15) is 0 Å². The van der Waals surface area contributed by atoms with Gasteiger partial charge in [-0.1, -0.05) is 33.1 Å². The van der Waals surface area contributed by atoms with Crippen LogP contribution in [0.25, 0.3) is 0 Å². The summed E-state index contributed by atoms with van der Waals surface area (Å²) in [6.07, 6.45) is 6.66. The lowest BCUT2D eigenvalue weighted by atomic mass is 9.97. The van der Waals surface area contributed by atoms with Crippen molar-refractivity contribution in [3.8, 4) is 0 Å². The monoisotopic (exact) mass is 157 g/mol. The summed E-state index contributed by atoms with van der Waals surface area (Å²) in [6, 6.07) is 0.536. The van der Waals surface area contributed by atoms with Crippen molar-refractivity contribution < 1.29 is 0 Å².